The van der Waals surface area contributed by atoms with Crippen LogP contribution in [0.1, 0.15) is 0 Å². The van der Waals surface area contributed by atoms with Gasteiger partial charge in [-0.05, 0) is 18.2 Å². The van der Waals surface area contributed by atoms with Gasteiger partial charge in [-0.1, -0.05) is 11.6 Å². The van der Waals surface area contributed by atoms with E-state index < -0.39 is 9.84 Å². The number of nitrogens with zero attached hydrogens (tertiary/aromatic N) is 3. The van der Waals surface area contributed by atoms with E-state index in [2.05, 4.69) is 15.4 Å². The standard InChI is InChI=1S/C14H13ClN4O3S/c1-22-12-8-10(23(2,20)21)3-4-11(12)16-14-17-13-7-9(15)5-6-19(13)18-14/h3-8H,1-2H3,(H,16,18). The van der Waals surface area contributed by atoms with Gasteiger partial charge in [0.2, 0.25) is 5.95 Å². The Morgan fingerprint density at radius 2 is 2.04 bits per heavy atom. The summed E-state index contributed by atoms with van der Waals surface area (Å²) < 4.78 is 30.0. The normalized spacial score (nSPS) is 11.6. The third-order valence-electron chi connectivity index (χ3n) is 3.15. The predicted molar refractivity (Wildman–Crippen MR) is 87.4 cm³/mol. The molecule has 1 aromatic carbocycles. The highest BCUT2D eigenvalue weighted by Gasteiger charge is 2.13. The van der Waals surface area contributed by atoms with Gasteiger partial charge in [0.25, 0.3) is 0 Å². The van der Waals surface area contributed by atoms with Crippen LogP contribution in [0.4, 0.5) is 11.6 Å². The summed E-state index contributed by atoms with van der Waals surface area (Å²) in [5.41, 5.74) is 1.15. The molecule has 0 aliphatic heterocycles. The van der Waals surface area contributed by atoms with Gasteiger partial charge in [0, 0.05) is 29.6 Å². The summed E-state index contributed by atoms with van der Waals surface area (Å²) in [5, 5.41) is 7.82. The minimum absolute atomic E-state index is 0.176. The van der Waals surface area contributed by atoms with Crippen molar-refractivity contribution in [3.05, 3.63) is 41.6 Å². The summed E-state index contributed by atoms with van der Waals surface area (Å²) in [7, 11) is -1.85. The highest BCUT2D eigenvalue weighted by Crippen LogP contribution is 2.29. The highest BCUT2D eigenvalue weighted by molar-refractivity contribution is 7.90. The van der Waals surface area contributed by atoms with E-state index in [4.69, 9.17) is 16.3 Å². The van der Waals surface area contributed by atoms with Crippen LogP contribution in [-0.4, -0.2) is 36.4 Å². The van der Waals surface area contributed by atoms with Crippen LogP contribution in [0, 0.1) is 0 Å². The smallest absolute Gasteiger partial charge is 0.247 e. The van der Waals surface area contributed by atoms with Crippen LogP contribution in [0.5, 0.6) is 5.75 Å². The van der Waals surface area contributed by atoms with E-state index in [1.165, 1.54) is 19.2 Å². The lowest BCUT2D eigenvalue weighted by atomic mass is 10.3. The molecule has 120 valence electrons. The first-order valence-electron chi connectivity index (χ1n) is 6.54. The van der Waals surface area contributed by atoms with E-state index in [0.29, 0.717) is 28.1 Å². The molecule has 7 nitrogen and oxygen atoms in total. The molecule has 3 aromatic rings. The summed E-state index contributed by atoms with van der Waals surface area (Å²) >= 11 is 5.92. The Balaban J connectivity index is 1.97. The van der Waals surface area contributed by atoms with Gasteiger partial charge in [0.15, 0.2) is 15.5 Å². The molecule has 3 rings (SSSR count). The molecule has 0 spiro atoms. The van der Waals surface area contributed by atoms with Gasteiger partial charge >= 0.3 is 0 Å². The number of pyridine rings is 1. The number of benzene rings is 1. The Bertz CT molecular complexity index is 985. The van der Waals surface area contributed by atoms with E-state index in [9.17, 15) is 8.42 Å². The van der Waals surface area contributed by atoms with Crippen LogP contribution in [0.25, 0.3) is 5.65 Å². The Labute approximate surface area is 137 Å². The number of hydrogen-bond donors (Lipinski definition) is 1. The second-order valence-corrected chi connectivity index (χ2v) is 7.29. The van der Waals surface area contributed by atoms with Gasteiger partial charge in [0.05, 0.1) is 17.7 Å². The molecule has 0 fully saturated rings. The van der Waals surface area contributed by atoms with Gasteiger partial charge in [-0.2, -0.15) is 4.98 Å². The molecule has 0 aliphatic rings. The number of rotatable bonds is 4. The van der Waals surface area contributed by atoms with Crippen molar-refractivity contribution in [3.63, 3.8) is 0 Å². The molecule has 1 N–H and O–H groups in total. The van der Waals surface area contributed by atoms with E-state index in [1.54, 1.807) is 28.9 Å². The number of nitrogens with one attached hydrogen (secondary N) is 1. The highest BCUT2D eigenvalue weighted by atomic mass is 35.5. The topological polar surface area (TPSA) is 85.6 Å². The van der Waals surface area contributed by atoms with E-state index in [1.807, 2.05) is 0 Å². The summed E-state index contributed by atoms with van der Waals surface area (Å²) in [6, 6.07) is 7.93. The van der Waals surface area contributed by atoms with Crippen molar-refractivity contribution < 1.29 is 13.2 Å². The first-order chi connectivity index (χ1) is 10.9. The predicted octanol–water partition coefficient (Wildman–Crippen LogP) is 2.54. The summed E-state index contributed by atoms with van der Waals surface area (Å²) in [4.78, 5) is 4.47. The third kappa shape index (κ3) is 3.22. The number of hydrogen-bond acceptors (Lipinski definition) is 6. The number of fused-ring (bicyclic) bond motifs is 1. The summed E-state index contributed by atoms with van der Waals surface area (Å²) in [6.45, 7) is 0. The summed E-state index contributed by atoms with van der Waals surface area (Å²) in [6.07, 6.45) is 2.84. The zero-order valence-electron chi connectivity index (χ0n) is 12.3. The van der Waals surface area contributed by atoms with E-state index >= 15 is 0 Å². The number of halogens is 1. The maximum Gasteiger partial charge on any atom is 0.247 e. The van der Waals surface area contributed by atoms with Crippen LogP contribution in [0.15, 0.2) is 41.4 Å². The lowest BCUT2D eigenvalue weighted by Gasteiger charge is -2.10. The average molecular weight is 353 g/mol. The fourth-order valence-corrected chi connectivity index (χ4v) is 2.83. The maximum absolute atomic E-state index is 11.6. The van der Waals surface area contributed by atoms with Crippen LogP contribution >= 0.6 is 11.6 Å². The van der Waals surface area contributed by atoms with Crippen LogP contribution in [0.2, 0.25) is 5.02 Å². The van der Waals surface area contributed by atoms with Gasteiger partial charge in [-0.15, -0.1) is 5.10 Å². The third-order valence-corrected chi connectivity index (χ3v) is 4.49. The molecule has 2 heterocycles. The zero-order valence-corrected chi connectivity index (χ0v) is 13.9. The molecule has 0 atom stereocenters. The Hall–Kier alpha value is -2.32. The lowest BCUT2D eigenvalue weighted by Crippen LogP contribution is -2.01. The first kappa shape index (κ1) is 15.6. The van der Waals surface area contributed by atoms with Crippen molar-refractivity contribution in [2.45, 2.75) is 4.90 Å². The van der Waals surface area contributed by atoms with Crippen LogP contribution < -0.4 is 10.1 Å². The van der Waals surface area contributed by atoms with E-state index in [-0.39, 0.29) is 4.90 Å². The molecule has 0 radical (unpaired) electrons. The van der Waals surface area contributed by atoms with Crippen molar-refractivity contribution in [3.8, 4) is 5.75 Å². The number of ether oxygens (including phenoxy) is 1. The van der Waals surface area contributed by atoms with E-state index in [0.717, 1.165) is 6.26 Å². The van der Waals surface area contributed by atoms with Gasteiger partial charge in [-0.3, -0.25) is 0 Å². The Morgan fingerprint density at radius 1 is 1.26 bits per heavy atom. The quantitative estimate of drug-likeness (QED) is 0.776. The molecule has 0 bridgehead atoms. The first-order valence-corrected chi connectivity index (χ1v) is 8.81. The summed E-state index contributed by atoms with van der Waals surface area (Å²) in [5.74, 6) is 0.725. The molecule has 0 saturated heterocycles. The van der Waals surface area contributed by atoms with Crippen molar-refractivity contribution >= 4 is 38.7 Å². The number of aromatic nitrogens is 3. The van der Waals surface area contributed by atoms with Crippen LogP contribution in [-0.2, 0) is 9.84 Å². The Morgan fingerprint density at radius 3 is 2.74 bits per heavy atom. The Kier molecular flexibility index (Phi) is 3.87. The molecular weight excluding hydrogens is 340 g/mol. The molecule has 2 aromatic heterocycles. The number of anilines is 2. The largest absolute Gasteiger partial charge is 0.495 e. The number of methoxy groups -OCH3 is 1. The molecule has 0 aliphatic carbocycles. The van der Waals surface area contributed by atoms with Crippen molar-refractivity contribution in [2.24, 2.45) is 0 Å². The second-order valence-electron chi connectivity index (χ2n) is 4.84. The van der Waals surface area contributed by atoms with Crippen molar-refractivity contribution in [1.82, 2.24) is 14.6 Å². The van der Waals surface area contributed by atoms with Gasteiger partial charge in [0.1, 0.15) is 5.75 Å². The molecule has 23 heavy (non-hydrogen) atoms. The maximum atomic E-state index is 11.6. The van der Waals surface area contributed by atoms with Crippen LogP contribution in [0.3, 0.4) is 0 Å². The van der Waals surface area contributed by atoms with Crippen molar-refractivity contribution in [1.29, 1.82) is 0 Å². The SMILES string of the molecule is COc1cc(S(C)(=O)=O)ccc1Nc1nc2cc(Cl)ccn2n1. The average Bonchev–Trinajstić information content (AvgIpc) is 2.87. The number of sulfone groups is 1. The fourth-order valence-electron chi connectivity index (χ4n) is 2.04. The molecule has 0 saturated carbocycles. The molecule has 0 amide bonds. The monoisotopic (exact) mass is 352 g/mol. The second kappa shape index (κ2) is 5.71. The minimum Gasteiger partial charge on any atom is -0.495 e. The molecule has 0 unspecified atom stereocenters. The van der Waals surface area contributed by atoms with Crippen molar-refractivity contribution in [2.75, 3.05) is 18.7 Å². The molecule has 9 heteroatoms. The van der Waals surface area contributed by atoms with Gasteiger partial charge < -0.3 is 10.1 Å². The fraction of sp³-hybridized carbons (Fsp3) is 0.143. The lowest BCUT2D eigenvalue weighted by molar-refractivity contribution is 0.415. The zero-order chi connectivity index (χ0) is 16.6. The molecular formula is C14H13ClN4O3S. The minimum atomic E-state index is -3.31. The van der Waals surface area contributed by atoms with Gasteiger partial charge in [-0.25, -0.2) is 12.9 Å².